The number of hydrogen-bond acceptors (Lipinski definition) is 1. The lowest BCUT2D eigenvalue weighted by molar-refractivity contribution is 0.182. The SMILES string of the molecule is C=CCCCCCCCCCCCC(CC)Oc1ccccc1. The Morgan fingerprint density at radius 1 is 0.870 bits per heavy atom. The third-order valence-electron chi connectivity index (χ3n) is 4.44. The van der Waals surface area contributed by atoms with Gasteiger partial charge in [-0.05, 0) is 44.2 Å². The lowest BCUT2D eigenvalue weighted by atomic mass is 10.0. The summed E-state index contributed by atoms with van der Waals surface area (Å²) in [6.07, 6.45) is 18.2. The molecule has 0 saturated heterocycles. The Morgan fingerprint density at radius 2 is 1.43 bits per heavy atom. The second-order valence-corrected chi connectivity index (χ2v) is 6.51. The van der Waals surface area contributed by atoms with Gasteiger partial charge < -0.3 is 4.74 Å². The average Bonchev–Trinajstić information content (AvgIpc) is 2.59. The van der Waals surface area contributed by atoms with Gasteiger partial charge in [0.05, 0.1) is 6.10 Å². The van der Waals surface area contributed by atoms with Crippen molar-refractivity contribution in [3.63, 3.8) is 0 Å². The average molecular weight is 317 g/mol. The highest BCUT2D eigenvalue weighted by Crippen LogP contribution is 2.17. The van der Waals surface area contributed by atoms with Crippen LogP contribution >= 0.6 is 0 Å². The van der Waals surface area contributed by atoms with Crippen LogP contribution in [-0.4, -0.2) is 6.10 Å². The van der Waals surface area contributed by atoms with Gasteiger partial charge in [0, 0.05) is 0 Å². The van der Waals surface area contributed by atoms with Crippen molar-refractivity contribution in [3.8, 4) is 5.75 Å². The molecule has 0 bridgehead atoms. The summed E-state index contributed by atoms with van der Waals surface area (Å²) in [5.74, 6) is 1.01. The van der Waals surface area contributed by atoms with Crippen LogP contribution < -0.4 is 4.74 Å². The van der Waals surface area contributed by atoms with E-state index in [1.807, 2.05) is 24.3 Å². The number of benzene rings is 1. The van der Waals surface area contributed by atoms with E-state index in [0.29, 0.717) is 6.10 Å². The Balaban J connectivity index is 1.94. The summed E-state index contributed by atoms with van der Waals surface area (Å²) in [5, 5.41) is 0. The fourth-order valence-corrected chi connectivity index (χ4v) is 2.94. The maximum absolute atomic E-state index is 6.05. The Bertz CT molecular complexity index is 371. The standard InChI is InChI=1S/C22H36O/c1-3-5-6-7-8-9-10-11-12-13-15-18-21(4-2)23-22-19-16-14-17-20-22/h3,14,16-17,19-21H,1,4-13,15,18H2,2H3. The summed E-state index contributed by atoms with van der Waals surface area (Å²) in [6, 6.07) is 10.2. The van der Waals surface area contributed by atoms with Gasteiger partial charge in [0.2, 0.25) is 0 Å². The highest BCUT2D eigenvalue weighted by molar-refractivity contribution is 5.21. The minimum Gasteiger partial charge on any atom is -0.490 e. The summed E-state index contributed by atoms with van der Waals surface area (Å²) in [6.45, 7) is 5.99. The second kappa shape index (κ2) is 14.4. The minimum atomic E-state index is 0.377. The smallest absolute Gasteiger partial charge is 0.119 e. The molecule has 0 heterocycles. The number of hydrogen-bond donors (Lipinski definition) is 0. The predicted octanol–water partition coefficient (Wildman–Crippen LogP) is 7.32. The maximum Gasteiger partial charge on any atom is 0.119 e. The fraction of sp³-hybridized carbons (Fsp3) is 0.636. The van der Waals surface area contributed by atoms with E-state index in [0.717, 1.165) is 12.2 Å². The van der Waals surface area contributed by atoms with Gasteiger partial charge in [-0.3, -0.25) is 0 Å². The van der Waals surface area contributed by atoms with Crippen LogP contribution in [0.2, 0.25) is 0 Å². The van der Waals surface area contributed by atoms with E-state index in [-0.39, 0.29) is 0 Å². The molecule has 0 saturated carbocycles. The van der Waals surface area contributed by atoms with Crippen LogP contribution in [0.25, 0.3) is 0 Å². The monoisotopic (exact) mass is 316 g/mol. The number of ether oxygens (including phenoxy) is 1. The number of rotatable bonds is 15. The first-order valence-corrected chi connectivity index (χ1v) is 9.69. The predicted molar refractivity (Wildman–Crippen MR) is 102 cm³/mol. The molecule has 1 nitrogen and oxygen atoms in total. The second-order valence-electron chi connectivity index (χ2n) is 6.51. The van der Waals surface area contributed by atoms with Gasteiger partial charge in [-0.1, -0.05) is 76.1 Å². The van der Waals surface area contributed by atoms with Crippen LogP contribution in [0.4, 0.5) is 0 Å². The van der Waals surface area contributed by atoms with E-state index in [4.69, 9.17) is 4.74 Å². The summed E-state index contributed by atoms with van der Waals surface area (Å²) in [7, 11) is 0. The molecule has 0 aliphatic heterocycles. The quantitative estimate of drug-likeness (QED) is 0.243. The topological polar surface area (TPSA) is 9.23 Å². The highest BCUT2D eigenvalue weighted by atomic mass is 16.5. The van der Waals surface area contributed by atoms with E-state index >= 15 is 0 Å². The van der Waals surface area contributed by atoms with Crippen LogP contribution in [-0.2, 0) is 0 Å². The molecule has 0 aliphatic carbocycles. The van der Waals surface area contributed by atoms with E-state index in [1.165, 1.54) is 70.6 Å². The number of para-hydroxylation sites is 1. The van der Waals surface area contributed by atoms with Crippen LogP contribution in [0.15, 0.2) is 43.0 Å². The van der Waals surface area contributed by atoms with Crippen LogP contribution in [0.3, 0.4) is 0 Å². The van der Waals surface area contributed by atoms with E-state index in [1.54, 1.807) is 0 Å². The molecule has 0 aliphatic rings. The van der Waals surface area contributed by atoms with E-state index in [2.05, 4.69) is 25.6 Å². The molecule has 0 N–H and O–H groups in total. The van der Waals surface area contributed by atoms with Crippen LogP contribution in [0.1, 0.15) is 84.0 Å². The molecule has 1 heteroatoms. The summed E-state index contributed by atoms with van der Waals surface area (Å²) in [5.41, 5.74) is 0. The van der Waals surface area contributed by atoms with Crippen molar-refractivity contribution in [2.45, 2.75) is 90.1 Å². The normalized spacial score (nSPS) is 12.0. The van der Waals surface area contributed by atoms with Gasteiger partial charge >= 0.3 is 0 Å². The molecule has 1 aromatic rings. The lowest BCUT2D eigenvalue weighted by Gasteiger charge is -2.17. The van der Waals surface area contributed by atoms with Crippen molar-refractivity contribution in [2.75, 3.05) is 0 Å². The van der Waals surface area contributed by atoms with Gasteiger partial charge in [-0.2, -0.15) is 0 Å². The van der Waals surface area contributed by atoms with Crippen molar-refractivity contribution in [3.05, 3.63) is 43.0 Å². The molecule has 1 atom stereocenters. The van der Waals surface area contributed by atoms with Crippen molar-refractivity contribution >= 4 is 0 Å². The zero-order valence-electron chi connectivity index (χ0n) is 15.1. The van der Waals surface area contributed by atoms with E-state index in [9.17, 15) is 0 Å². The Morgan fingerprint density at radius 3 is 2.00 bits per heavy atom. The number of allylic oxidation sites excluding steroid dienone is 1. The molecule has 1 rings (SSSR count). The first kappa shape index (κ1) is 19.8. The first-order chi connectivity index (χ1) is 11.4. The summed E-state index contributed by atoms with van der Waals surface area (Å²) in [4.78, 5) is 0. The van der Waals surface area contributed by atoms with Gasteiger partial charge in [-0.25, -0.2) is 0 Å². The minimum absolute atomic E-state index is 0.377. The molecule has 1 aromatic carbocycles. The molecule has 0 aromatic heterocycles. The Kier molecular flexibility index (Phi) is 12.4. The van der Waals surface area contributed by atoms with Crippen molar-refractivity contribution < 1.29 is 4.74 Å². The Labute approximate surface area is 144 Å². The van der Waals surface area contributed by atoms with Crippen molar-refractivity contribution in [2.24, 2.45) is 0 Å². The van der Waals surface area contributed by atoms with Gasteiger partial charge in [0.1, 0.15) is 5.75 Å². The zero-order chi connectivity index (χ0) is 16.6. The molecule has 130 valence electrons. The third kappa shape index (κ3) is 11.0. The first-order valence-electron chi connectivity index (χ1n) is 9.69. The van der Waals surface area contributed by atoms with Crippen molar-refractivity contribution in [1.29, 1.82) is 0 Å². The lowest BCUT2D eigenvalue weighted by Crippen LogP contribution is -2.15. The molecule has 23 heavy (non-hydrogen) atoms. The molecule has 1 unspecified atom stereocenters. The maximum atomic E-state index is 6.05. The molecule has 0 spiro atoms. The van der Waals surface area contributed by atoms with Crippen molar-refractivity contribution in [1.82, 2.24) is 0 Å². The summed E-state index contributed by atoms with van der Waals surface area (Å²) < 4.78 is 6.05. The third-order valence-corrected chi connectivity index (χ3v) is 4.44. The van der Waals surface area contributed by atoms with Gasteiger partial charge in [0.25, 0.3) is 0 Å². The zero-order valence-corrected chi connectivity index (χ0v) is 15.1. The van der Waals surface area contributed by atoms with Gasteiger partial charge in [0.15, 0.2) is 0 Å². The van der Waals surface area contributed by atoms with Crippen LogP contribution in [0, 0.1) is 0 Å². The highest BCUT2D eigenvalue weighted by Gasteiger charge is 2.07. The molecular formula is C22H36O. The molecular weight excluding hydrogens is 280 g/mol. The largest absolute Gasteiger partial charge is 0.490 e. The molecule has 0 radical (unpaired) electrons. The van der Waals surface area contributed by atoms with Crippen LogP contribution in [0.5, 0.6) is 5.75 Å². The Hall–Kier alpha value is -1.24. The van der Waals surface area contributed by atoms with Gasteiger partial charge in [-0.15, -0.1) is 6.58 Å². The molecule has 0 amide bonds. The fourth-order valence-electron chi connectivity index (χ4n) is 2.94. The van der Waals surface area contributed by atoms with E-state index < -0.39 is 0 Å². The molecule has 0 fully saturated rings. The summed E-state index contributed by atoms with van der Waals surface area (Å²) >= 11 is 0. The number of unbranched alkanes of at least 4 members (excludes halogenated alkanes) is 9.